The van der Waals surface area contributed by atoms with Crippen molar-refractivity contribution in [2.75, 3.05) is 19.4 Å². The number of aromatic nitrogens is 2. The lowest BCUT2D eigenvalue weighted by atomic mass is 10.3. The highest BCUT2D eigenvalue weighted by molar-refractivity contribution is 7.09. The van der Waals surface area contributed by atoms with Crippen molar-refractivity contribution in [3.63, 3.8) is 0 Å². The van der Waals surface area contributed by atoms with Crippen LogP contribution in [0.15, 0.2) is 0 Å². The van der Waals surface area contributed by atoms with Crippen LogP contribution in [0.4, 0.5) is 5.13 Å². The van der Waals surface area contributed by atoms with E-state index in [0.717, 1.165) is 11.0 Å². The molecule has 1 fully saturated rings. The van der Waals surface area contributed by atoms with Gasteiger partial charge in [-0.2, -0.15) is 4.37 Å². The van der Waals surface area contributed by atoms with Crippen molar-refractivity contribution in [2.45, 2.75) is 31.7 Å². The maximum absolute atomic E-state index is 11.6. The number of anilines is 1. The number of amides is 1. The molecule has 0 radical (unpaired) electrons. The van der Waals surface area contributed by atoms with Crippen molar-refractivity contribution in [3.05, 3.63) is 5.82 Å². The van der Waals surface area contributed by atoms with Gasteiger partial charge in [0.25, 0.3) is 0 Å². The van der Waals surface area contributed by atoms with Crippen LogP contribution in [0.2, 0.25) is 0 Å². The zero-order valence-corrected chi connectivity index (χ0v) is 10.5. The molecule has 1 atom stereocenters. The Morgan fingerprint density at radius 3 is 2.81 bits per heavy atom. The van der Waals surface area contributed by atoms with Crippen LogP contribution < -0.4 is 5.32 Å². The van der Waals surface area contributed by atoms with E-state index in [0.29, 0.717) is 5.92 Å². The number of rotatable bonds is 4. The molecule has 1 amide bonds. The third-order valence-electron chi connectivity index (χ3n) is 2.54. The summed E-state index contributed by atoms with van der Waals surface area (Å²) in [6, 6.07) is -0.255. The van der Waals surface area contributed by atoms with Gasteiger partial charge in [0.05, 0.1) is 0 Å². The molecular formula is C10H16N4OS. The van der Waals surface area contributed by atoms with E-state index in [1.165, 1.54) is 24.4 Å². The number of nitrogens with zero attached hydrogens (tertiary/aromatic N) is 3. The van der Waals surface area contributed by atoms with Crippen molar-refractivity contribution >= 4 is 22.6 Å². The van der Waals surface area contributed by atoms with E-state index >= 15 is 0 Å². The molecule has 6 heteroatoms. The zero-order chi connectivity index (χ0) is 11.7. The minimum absolute atomic E-state index is 0.0446. The normalized spacial score (nSPS) is 16.9. The highest BCUT2D eigenvalue weighted by Gasteiger charge is 2.28. The van der Waals surface area contributed by atoms with Gasteiger partial charge in [-0.15, -0.1) is 0 Å². The van der Waals surface area contributed by atoms with E-state index in [-0.39, 0.29) is 11.9 Å². The molecule has 1 heterocycles. The molecule has 1 saturated carbocycles. The van der Waals surface area contributed by atoms with Gasteiger partial charge < -0.3 is 10.2 Å². The Labute approximate surface area is 99.0 Å². The van der Waals surface area contributed by atoms with Crippen molar-refractivity contribution < 1.29 is 4.79 Å². The van der Waals surface area contributed by atoms with E-state index < -0.39 is 0 Å². The molecular weight excluding hydrogens is 224 g/mol. The van der Waals surface area contributed by atoms with Gasteiger partial charge in [0.2, 0.25) is 11.0 Å². The lowest BCUT2D eigenvalue weighted by Gasteiger charge is -2.16. The second kappa shape index (κ2) is 4.37. The molecule has 0 spiro atoms. The van der Waals surface area contributed by atoms with E-state index in [2.05, 4.69) is 14.7 Å². The average molecular weight is 240 g/mol. The van der Waals surface area contributed by atoms with Crippen LogP contribution in [0.25, 0.3) is 0 Å². The third-order valence-corrected chi connectivity index (χ3v) is 3.20. The van der Waals surface area contributed by atoms with E-state index in [4.69, 9.17) is 0 Å². The van der Waals surface area contributed by atoms with Crippen LogP contribution in [-0.2, 0) is 4.79 Å². The topological polar surface area (TPSA) is 58.1 Å². The SMILES string of the molecule is CC(Nc1nc(C2CC2)ns1)C(=O)N(C)C. The average Bonchev–Trinajstić information content (AvgIpc) is 2.99. The molecule has 16 heavy (non-hydrogen) atoms. The summed E-state index contributed by atoms with van der Waals surface area (Å²) >= 11 is 1.33. The first-order chi connectivity index (χ1) is 7.58. The predicted molar refractivity (Wildman–Crippen MR) is 63.7 cm³/mol. The second-order valence-electron chi connectivity index (χ2n) is 4.33. The van der Waals surface area contributed by atoms with Gasteiger partial charge >= 0.3 is 0 Å². The quantitative estimate of drug-likeness (QED) is 0.862. The standard InChI is InChI=1S/C10H16N4OS/c1-6(9(15)14(2)3)11-10-12-8(13-16-10)7-4-5-7/h6-7H,4-5H2,1-3H3,(H,11,12,13). The van der Waals surface area contributed by atoms with Gasteiger partial charge in [0.15, 0.2) is 0 Å². The van der Waals surface area contributed by atoms with Gasteiger partial charge in [-0.25, -0.2) is 4.98 Å². The monoisotopic (exact) mass is 240 g/mol. The minimum Gasteiger partial charge on any atom is -0.349 e. The summed E-state index contributed by atoms with van der Waals surface area (Å²) in [5.41, 5.74) is 0. The van der Waals surface area contributed by atoms with Crippen LogP contribution in [0.1, 0.15) is 31.5 Å². The lowest BCUT2D eigenvalue weighted by Crippen LogP contribution is -2.36. The van der Waals surface area contributed by atoms with Crippen LogP contribution >= 0.6 is 11.5 Å². The summed E-state index contributed by atoms with van der Waals surface area (Å²) in [4.78, 5) is 17.6. The van der Waals surface area contributed by atoms with Crippen LogP contribution in [0.3, 0.4) is 0 Å². The molecule has 88 valence electrons. The Bertz CT molecular complexity index is 386. The summed E-state index contributed by atoms with van der Waals surface area (Å²) in [6.07, 6.45) is 2.39. The molecule has 5 nitrogen and oxygen atoms in total. The number of carbonyl (C=O) groups is 1. The number of carbonyl (C=O) groups excluding carboxylic acids is 1. The summed E-state index contributed by atoms with van der Waals surface area (Å²) in [7, 11) is 3.49. The fourth-order valence-electron chi connectivity index (χ4n) is 1.44. The van der Waals surface area contributed by atoms with E-state index in [1.807, 2.05) is 6.92 Å². The molecule has 0 aromatic carbocycles. The molecule has 1 aromatic heterocycles. The van der Waals surface area contributed by atoms with Crippen LogP contribution in [0.5, 0.6) is 0 Å². The van der Waals surface area contributed by atoms with Crippen LogP contribution in [-0.4, -0.2) is 40.3 Å². The van der Waals surface area contributed by atoms with Gasteiger partial charge in [0, 0.05) is 31.5 Å². The van der Waals surface area contributed by atoms with Gasteiger partial charge in [-0.3, -0.25) is 4.79 Å². The van der Waals surface area contributed by atoms with E-state index in [1.54, 1.807) is 19.0 Å². The first kappa shape index (κ1) is 11.3. The maximum Gasteiger partial charge on any atom is 0.244 e. The lowest BCUT2D eigenvalue weighted by molar-refractivity contribution is -0.129. The summed E-state index contributed by atoms with van der Waals surface area (Å²) < 4.78 is 4.28. The number of hydrogen-bond donors (Lipinski definition) is 1. The highest BCUT2D eigenvalue weighted by Crippen LogP contribution is 2.39. The fraction of sp³-hybridized carbons (Fsp3) is 0.700. The van der Waals surface area contributed by atoms with Crippen LogP contribution in [0, 0.1) is 0 Å². The molecule has 1 aliphatic carbocycles. The van der Waals surface area contributed by atoms with E-state index in [9.17, 15) is 4.79 Å². The Kier molecular flexibility index (Phi) is 3.09. The van der Waals surface area contributed by atoms with Crippen molar-refractivity contribution in [3.8, 4) is 0 Å². The highest BCUT2D eigenvalue weighted by atomic mass is 32.1. The Morgan fingerprint density at radius 2 is 2.25 bits per heavy atom. The molecule has 1 aliphatic rings. The smallest absolute Gasteiger partial charge is 0.244 e. The van der Waals surface area contributed by atoms with Crippen molar-refractivity contribution in [1.29, 1.82) is 0 Å². The molecule has 0 bridgehead atoms. The van der Waals surface area contributed by atoms with Gasteiger partial charge in [0.1, 0.15) is 11.9 Å². The molecule has 0 aliphatic heterocycles. The summed E-state index contributed by atoms with van der Waals surface area (Å²) in [5.74, 6) is 1.53. The van der Waals surface area contributed by atoms with Crippen molar-refractivity contribution in [1.82, 2.24) is 14.3 Å². The Morgan fingerprint density at radius 1 is 1.56 bits per heavy atom. The Balaban J connectivity index is 1.94. The predicted octanol–water partition coefficient (Wildman–Crippen LogP) is 1.30. The summed E-state index contributed by atoms with van der Waals surface area (Å²) in [6.45, 7) is 1.83. The minimum atomic E-state index is -0.255. The zero-order valence-electron chi connectivity index (χ0n) is 9.73. The molecule has 1 aromatic rings. The molecule has 1 N–H and O–H groups in total. The Hall–Kier alpha value is -1.17. The third kappa shape index (κ3) is 2.49. The second-order valence-corrected chi connectivity index (χ2v) is 5.08. The molecule has 0 saturated heterocycles. The van der Waals surface area contributed by atoms with Gasteiger partial charge in [-0.1, -0.05) is 0 Å². The number of likely N-dealkylation sites (N-methyl/N-ethyl adjacent to an activating group) is 1. The molecule has 1 unspecified atom stereocenters. The first-order valence-electron chi connectivity index (χ1n) is 5.39. The molecule has 2 rings (SSSR count). The maximum atomic E-state index is 11.6. The van der Waals surface area contributed by atoms with Gasteiger partial charge in [-0.05, 0) is 19.8 Å². The number of hydrogen-bond acceptors (Lipinski definition) is 5. The van der Waals surface area contributed by atoms with Crippen molar-refractivity contribution in [2.24, 2.45) is 0 Å². The fourth-order valence-corrected chi connectivity index (χ4v) is 2.17. The largest absolute Gasteiger partial charge is 0.349 e. The summed E-state index contributed by atoms with van der Waals surface area (Å²) in [5, 5.41) is 3.82. The number of nitrogens with one attached hydrogen (secondary N) is 1. The first-order valence-corrected chi connectivity index (χ1v) is 6.16.